The molecule has 0 fully saturated rings. The molecule has 0 amide bonds. The molecule has 8 heavy (non-hydrogen) atoms. The molecule has 0 saturated carbocycles. The molecular weight excluding hydrogens is 147 g/mol. The molecule has 0 heterocycles. The second-order valence-corrected chi connectivity index (χ2v) is 3.83. The summed E-state index contributed by atoms with van der Waals surface area (Å²) < 4.78 is 0. The van der Waals surface area contributed by atoms with Crippen LogP contribution in [0.1, 0.15) is 0 Å². The molecule has 0 saturated heterocycles. The van der Waals surface area contributed by atoms with Crippen LogP contribution in [0, 0.1) is 0 Å². The van der Waals surface area contributed by atoms with Gasteiger partial charge in [-0.25, -0.2) is 5.09 Å². The van der Waals surface area contributed by atoms with Crippen LogP contribution in [0.25, 0.3) is 0 Å². The van der Waals surface area contributed by atoms with Gasteiger partial charge in [0.15, 0.2) is 0 Å². The van der Waals surface area contributed by atoms with Gasteiger partial charge in [-0.15, -0.1) is 0 Å². The van der Waals surface area contributed by atoms with Gasteiger partial charge in [-0.3, -0.25) is 0 Å². The molecule has 6 heteroatoms. The van der Waals surface area contributed by atoms with Crippen molar-refractivity contribution in [2.45, 2.75) is 0 Å². The van der Waals surface area contributed by atoms with Crippen molar-refractivity contribution >= 4 is 18.4 Å². The molecule has 0 aliphatic carbocycles. The van der Waals surface area contributed by atoms with Crippen molar-refractivity contribution in [3.63, 3.8) is 0 Å². The first kappa shape index (κ1) is 11.3. The van der Waals surface area contributed by atoms with Gasteiger partial charge >= 0.3 is 0 Å². The maximum Gasteiger partial charge on any atom is 0.255 e. The highest BCUT2D eigenvalue weighted by Crippen LogP contribution is 2.26. The van der Waals surface area contributed by atoms with Crippen LogP contribution >= 0.6 is 6.64 Å². The van der Waals surface area contributed by atoms with Crippen molar-refractivity contribution in [1.82, 2.24) is 5.09 Å². The summed E-state index contributed by atoms with van der Waals surface area (Å²) in [5.74, 6) is 0. The first-order valence-corrected chi connectivity index (χ1v) is 4.59. The minimum atomic E-state index is -3.06. The maximum atomic E-state index is 8.20. The van der Waals surface area contributed by atoms with Gasteiger partial charge in [-0.05, 0) is 25.9 Å². The third-order valence-corrected chi connectivity index (χ3v) is 1.42. The van der Waals surface area contributed by atoms with E-state index in [2.05, 4.69) is 22.6 Å². The van der Waals surface area contributed by atoms with E-state index in [1.54, 1.807) is 0 Å². The number of nitrogens with two attached hydrogens (primary N) is 1. The first-order chi connectivity index (χ1) is 3.56. The standard InChI is InChI=1S/CH6NO2PS.CH5N/c1-2-5(3,4)6;1-2/h1H3,(H3,2,3,4,6);2H2,1H3. The van der Waals surface area contributed by atoms with Crippen molar-refractivity contribution in [2.24, 2.45) is 5.73 Å². The van der Waals surface area contributed by atoms with Gasteiger partial charge in [0.05, 0.1) is 0 Å². The summed E-state index contributed by atoms with van der Waals surface area (Å²) in [7, 11) is 2.90. The molecule has 0 bridgehead atoms. The van der Waals surface area contributed by atoms with Crippen LogP contribution in [0.15, 0.2) is 0 Å². The molecule has 52 valence electrons. The van der Waals surface area contributed by atoms with Gasteiger partial charge in [0.1, 0.15) is 0 Å². The highest BCUT2D eigenvalue weighted by molar-refractivity contribution is 8.08. The number of hydrogen-bond acceptors (Lipinski definition) is 2. The SMILES string of the molecule is CN.CNP(O)(O)=S. The maximum absolute atomic E-state index is 8.20. The number of hydrogen-bond donors (Lipinski definition) is 4. The molecule has 0 aromatic carbocycles. The van der Waals surface area contributed by atoms with Gasteiger partial charge < -0.3 is 15.5 Å². The Hall–Kier alpha value is 0.490. The molecule has 0 aromatic rings. The smallest absolute Gasteiger partial charge is 0.255 e. The van der Waals surface area contributed by atoms with E-state index in [-0.39, 0.29) is 0 Å². The average molecular weight is 158 g/mol. The zero-order valence-electron chi connectivity index (χ0n) is 4.83. The van der Waals surface area contributed by atoms with E-state index in [9.17, 15) is 0 Å². The van der Waals surface area contributed by atoms with Crippen molar-refractivity contribution in [3.05, 3.63) is 0 Å². The fourth-order valence-corrected chi connectivity index (χ4v) is 0. The largest absolute Gasteiger partial charge is 0.334 e. The molecule has 0 radical (unpaired) electrons. The predicted molar refractivity (Wildman–Crippen MR) is 37.9 cm³/mol. The van der Waals surface area contributed by atoms with Crippen LogP contribution in [0.2, 0.25) is 0 Å². The monoisotopic (exact) mass is 158 g/mol. The highest BCUT2D eigenvalue weighted by atomic mass is 32.5. The minimum Gasteiger partial charge on any atom is -0.334 e. The van der Waals surface area contributed by atoms with Crippen LogP contribution in [-0.2, 0) is 11.8 Å². The molecule has 0 rings (SSSR count). The third kappa shape index (κ3) is 16.1. The summed E-state index contributed by atoms with van der Waals surface area (Å²) in [6.45, 7) is -3.06. The lowest BCUT2D eigenvalue weighted by Gasteiger charge is -2.00. The normalized spacial score (nSPS) is 9.62. The summed E-state index contributed by atoms with van der Waals surface area (Å²) in [5, 5.41) is 2.14. The molecule has 0 aliphatic heterocycles. The van der Waals surface area contributed by atoms with Crippen LogP contribution in [0.5, 0.6) is 0 Å². The highest BCUT2D eigenvalue weighted by Gasteiger charge is 1.97. The van der Waals surface area contributed by atoms with Crippen molar-refractivity contribution in [1.29, 1.82) is 0 Å². The molecular formula is C2H11N2O2PS. The minimum absolute atomic E-state index is 1.40. The van der Waals surface area contributed by atoms with E-state index in [0.29, 0.717) is 0 Å². The van der Waals surface area contributed by atoms with Crippen molar-refractivity contribution < 1.29 is 9.79 Å². The van der Waals surface area contributed by atoms with Gasteiger partial charge in [0, 0.05) is 0 Å². The van der Waals surface area contributed by atoms with Crippen LogP contribution < -0.4 is 10.8 Å². The fraction of sp³-hybridized carbons (Fsp3) is 1.00. The van der Waals surface area contributed by atoms with E-state index in [1.165, 1.54) is 14.1 Å². The van der Waals surface area contributed by atoms with Crippen LogP contribution in [0.4, 0.5) is 0 Å². The van der Waals surface area contributed by atoms with Crippen LogP contribution in [-0.4, -0.2) is 23.9 Å². The summed E-state index contributed by atoms with van der Waals surface area (Å²) in [5.41, 5.74) is 4.50. The van der Waals surface area contributed by atoms with E-state index in [0.717, 1.165) is 0 Å². The van der Waals surface area contributed by atoms with E-state index >= 15 is 0 Å². The summed E-state index contributed by atoms with van der Waals surface area (Å²) in [4.78, 5) is 16.4. The molecule has 0 unspecified atom stereocenters. The lowest BCUT2D eigenvalue weighted by Crippen LogP contribution is -1.98. The van der Waals surface area contributed by atoms with Gasteiger partial charge in [0.2, 0.25) is 0 Å². The molecule has 0 spiro atoms. The van der Waals surface area contributed by atoms with Gasteiger partial charge in [-0.1, -0.05) is 0 Å². The summed E-state index contributed by atoms with van der Waals surface area (Å²) in [6, 6.07) is 0. The topological polar surface area (TPSA) is 78.5 Å². The van der Waals surface area contributed by atoms with Crippen molar-refractivity contribution in [3.8, 4) is 0 Å². The zero-order chi connectivity index (χ0) is 7.21. The molecule has 0 aliphatic rings. The lowest BCUT2D eigenvalue weighted by molar-refractivity contribution is 0.468. The van der Waals surface area contributed by atoms with Gasteiger partial charge in [0.25, 0.3) is 6.64 Å². The average Bonchev–Trinajstić information content (AvgIpc) is 1.71. The Labute approximate surface area is 53.9 Å². The Balaban J connectivity index is 0. The second-order valence-electron chi connectivity index (χ2n) is 0.768. The molecule has 4 nitrogen and oxygen atoms in total. The van der Waals surface area contributed by atoms with E-state index in [4.69, 9.17) is 9.79 Å². The fourth-order valence-electron chi connectivity index (χ4n) is 0. The van der Waals surface area contributed by atoms with Crippen LogP contribution in [0.3, 0.4) is 0 Å². The second kappa shape index (κ2) is 5.62. The Morgan fingerprint density at radius 2 is 1.62 bits per heavy atom. The Morgan fingerprint density at radius 1 is 1.50 bits per heavy atom. The molecule has 5 N–H and O–H groups in total. The third-order valence-electron chi connectivity index (χ3n) is 0.291. The Morgan fingerprint density at radius 3 is 1.62 bits per heavy atom. The lowest BCUT2D eigenvalue weighted by atomic mass is 11.6. The van der Waals surface area contributed by atoms with Crippen molar-refractivity contribution in [2.75, 3.05) is 14.1 Å². The quantitative estimate of drug-likeness (QED) is 0.368. The zero-order valence-corrected chi connectivity index (χ0v) is 6.54. The Kier molecular flexibility index (Phi) is 7.95. The Bertz CT molecular complexity index is 82.1. The number of rotatable bonds is 1. The summed E-state index contributed by atoms with van der Waals surface area (Å²) >= 11 is 4.10. The van der Waals surface area contributed by atoms with E-state index < -0.39 is 6.64 Å². The summed E-state index contributed by atoms with van der Waals surface area (Å²) in [6.07, 6.45) is 0. The van der Waals surface area contributed by atoms with Gasteiger partial charge in [-0.2, -0.15) is 0 Å². The van der Waals surface area contributed by atoms with E-state index in [1.807, 2.05) is 0 Å². The molecule has 0 atom stereocenters. The molecule has 0 aromatic heterocycles. The number of nitrogens with one attached hydrogen (secondary N) is 1. The predicted octanol–water partition coefficient (Wildman–Crippen LogP) is -1.01. The first-order valence-electron chi connectivity index (χ1n) is 1.88.